The van der Waals surface area contributed by atoms with Crippen LogP contribution < -0.4 is 5.32 Å². The first kappa shape index (κ1) is 20.0. The van der Waals surface area contributed by atoms with Crippen molar-refractivity contribution in [3.05, 3.63) is 71.9 Å². The van der Waals surface area contributed by atoms with E-state index in [1.807, 2.05) is 12.1 Å². The number of rotatable bonds is 4. The molecular formula is C23H25N4O3S+. The van der Waals surface area contributed by atoms with Gasteiger partial charge in [-0.25, -0.2) is 8.42 Å². The minimum atomic E-state index is -3.81. The molecule has 8 heteroatoms. The molecule has 31 heavy (non-hydrogen) atoms. The summed E-state index contributed by atoms with van der Waals surface area (Å²) in [6, 6.07) is 14.6. The van der Waals surface area contributed by atoms with E-state index in [2.05, 4.69) is 28.6 Å². The standard InChI is InChI=1S/C23H24N4O3S/c1-26(27(2)31(29,30)17-7-4-3-5-8-17)23(28)16-11-19-18-9-6-10-20-22(18)15(13-24-20)12-21(19)25-14-16/h3-11,13,16,21,24-25H,12,14H2,1-2H3/p+1/t16-,21-/m1/s1. The van der Waals surface area contributed by atoms with Gasteiger partial charge in [-0.1, -0.05) is 36.4 Å². The summed E-state index contributed by atoms with van der Waals surface area (Å²) in [5, 5.41) is 4.64. The van der Waals surface area contributed by atoms with Crippen LogP contribution >= 0.6 is 0 Å². The van der Waals surface area contributed by atoms with E-state index >= 15 is 0 Å². The highest BCUT2D eigenvalue weighted by molar-refractivity contribution is 7.89. The summed E-state index contributed by atoms with van der Waals surface area (Å²) in [4.78, 5) is 16.8. The highest BCUT2D eigenvalue weighted by Crippen LogP contribution is 2.36. The van der Waals surface area contributed by atoms with Crippen LogP contribution in [0.1, 0.15) is 11.1 Å². The number of sulfonamides is 1. The molecule has 1 aliphatic heterocycles. The number of hydrogen-bond acceptors (Lipinski definition) is 3. The Morgan fingerprint density at radius 3 is 2.65 bits per heavy atom. The van der Waals surface area contributed by atoms with E-state index in [1.165, 1.54) is 42.2 Å². The van der Waals surface area contributed by atoms with E-state index < -0.39 is 15.9 Å². The lowest BCUT2D eigenvalue weighted by Gasteiger charge is -2.34. The number of hydrogen-bond donors (Lipinski definition) is 2. The molecule has 0 saturated carbocycles. The fraction of sp³-hybridized carbons (Fsp3) is 0.261. The monoisotopic (exact) mass is 437 g/mol. The predicted molar refractivity (Wildman–Crippen MR) is 118 cm³/mol. The average Bonchev–Trinajstić information content (AvgIpc) is 3.22. The third-order valence-electron chi connectivity index (χ3n) is 6.44. The van der Waals surface area contributed by atoms with Crippen molar-refractivity contribution >= 4 is 32.4 Å². The number of fused-ring (bicyclic) bond motifs is 2. The van der Waals surface area contributed by atoms with Crippen molar-refractivity contribution in [2.24, 2.45) is 5.92 Å². The molecule has 0 radical (unpaired) electrons. The summed E-state index contributed by atoms with van der Waals surface area (Å²) in [6.45, 7) is 0.590. The number of aromatic amines is 1. The molecule has 2 atom stereocenters. The molecule has 7 nitrogen and oxygen atoms in total. The molecule has 2 heterocycles. The third-order valence-corrected chi connectivity index (χ3v) is 8.25. The summed E-state index contributed by atoms with van der Waals surface area (Å²) < 4.78 is 26.9. The van der Waals surface area contributed by atoms with E-state index in [0.29, 0.717) is 6.54 Å². The molecule has 1 aliphatic carbocycles. The van der Waals surface area contributed by atoms with Crippen LogP contribution in [0.5, 0.6) is 0 Å². The van der Waals surface area contributed by atoms with Crippen molar-refractivity contribution in [1.82, 2.24) is 14.4 Å². The number of amides is 1. The van der Waals surface area contributed by atoms with Gasteiger partial charge in [-0.2, -0.15) is 0 Å². The van der Waals surface area contributed by atoms with E-state index in [0.717, 1.165) is 27.5 Å². The van der Waals surface area contributed by atoms with Gasteiger partial charge in [0.25, 0.3) is 10.0 Å². The molecule has 160 valence electrons. The Labute approximate surface area is 181 Å². The number of quaternary nitrogens is 1. The second kappa shape index (κ2) is 7.33. The topological polar surface area (TPSA) is 90.1 Å². The molecule has 2 aliphatic rings. The summed E-state index contributed by atoms with van der Waals surface area (Å²) in [6.07, 6.45) is 5.03. The zero-order valence-corrected chi connectivity index (χ0v) is 18.3. The van der Waals surface area contributed by atoms with Gasteiger partial charge < -0.3 is 10.3 Å². The Hall–Kier alpha value is -2.94. The van der Waals surface area contributed by atoms with Crippen LogP contribution in [-0.4, -0.2) is 55.4 Å². The number of H-pyrrole nitrogens is 1. The molecule has 0 spiro atoms. The number of benzene rings is 2. The minimum absolute atomic E-state index is 0.157. The lowest BCUT2D eigenvalue weighted by Crippen LogP contribution is -2.93. The van der Waals surface area contributed by atoms with Crippen molar-refractivity contribution < 1.29 is 18.5 Å². The largest absolute Gasteiger partial charge is 0.361 e. The van der Waals surface area contributed by atoms with E-state index in [1.54, 1.807) is 18.2 Å². The maximum atomic E-state index is 13.3. The van der Waals surface area contributed by atoms with Crippen molar-refractivity contribution in [2.45, 2.75) is 17.4 Å². The molecular weight excluding hydrogens is 412 g/mol. The minimum Gasteiger partial charge on any atom is -0.361 e. The molecule has 1 aromatic heterocycles. The highest BCUT2D eigenvalue weighted by atomic mass is 32.2. The van der Waals surface area contributed by atoms with E-state index in [9.17, 15) is 13.2 Å². The Kier molecular flexibility index (Phi) is 4.73. The van der Waals surface area contributed by atoms with Gasteiger partial charge in [-0.15, -0.1) is 4.41 Å². The van der Waals surface area contributed by atoms with Crippen LogP contribution in [0.2, 0.25) is 0 Å². The number of nitrogens with zero attached hydrogens (tertiary/aromatic N) is 2. The number of carbonyl (C=O) groups is 1. The van der Waals surface area contributed by atoms with Crippen molar-refractivity contribution in [3.8, 4) is 0 Å². The molecule has 3 N–H and O–H groups in total. The lowest BCUT2D eigenvalue weighted by molar-refractivity contribution is -0.681. The smallest absolute Gasteiger partial charge is 0.259 e. The summed E-state index contributed by atoms with van der Waals surface area (Å²) in [5.74, 6) is -0.642. The van der Waals surface area contributed by atoms with Crippen molar-refractivity contribution in [2.75, 3.05) is 20.6 Å². The Morgan fingerprint density at radius 2 is 1.87 bits per heavy atom. The van der Waals surface area contributed by atoms with Gasteiger partial charge in [0.15, 0.2) is 0 Å². The molecule has 1 amide bonds. The van der Waals surface area contributed by atoms with Gasteiger partial charge in [0.05, 0.1) is 11.4 Å². The van der Waals surface area contributed by atoms with Gasteiger partial charge in [-0.05, 0) is 29.3 Å². The first-order valence-electron chi connectivity index (χ1n) is 10.3. The van der Waals surface area contributed by atoms with E-state index in [4.69, 9.17) is 0 Å². The Bertz CT molecular complexity index is 1300. The molecule has 5 rings (SSSR count). The maximum Gasteiger partial charge on any atom is 0.259 e. The quantitative estimate of drug-likeness (QED) is 0.604. The second-order valence-electron chi connectivity index (χ2n) is 8.17. The van der Waals surface area contributed by atoms with E-state index in [-0.39, 0.29) is 16.8 Å². The first-order valence-corrected chi connectivity index (χ1v) is 11.8. The van der Waals surface area contributed by atoms with Crippen molar-refractivity contribution in [3.63, 3.8) is 0 Å². The molecule has 0 fully saturated rings. The fourth-order valence-corrected chi connectivity index (χ4v) is 5.89. The molecule has 0 saturated heterocycles. The van der Waals surface area contributed by atoms with Crippen LogP contribution in [0.4, 0.5) is 0 Å². The fourth-order valence-electron chi connectivity index (χ4n) is 4.68. The van der Waals surface area contributed by atoms with Gasteiger partial charge in [0.1, 0.15) is 12.0 Å². The van der Waals surface area contributed by atoms with Gasteiger partial charge in [-0.3, -0.25) is 9.80 Å². The number of nitrogens with two attached hydrogens (primary N) is 1. The van der Waals surface area contributed by atoms with Gasteiger partial charge >= 0.3 is 0 Å². The van der Waals surface area contributed by atoms with Crippen LogP contribution in [0.25, 0.3) is 16.5 Å². The summed E-state index contributed by atoms with van der Waals surface area (Å²) >= 11 is 0. The number of nitrogens with one attached hydrogen (secondary N) is 1. The SMILES string of the molecule is CN(C(=O)[C@@H]1C=C2c3cccc4[nH]cc(c34)C[C@H]2[NH2+]C1)N(C)S(=O)(=O)c1ccccc1. The summed E-state index contributed by atoms with van der Waals surface area (Å²) in [5.41, 5.74) is 4.72. The zero-order valence-electron chi connectivity index (χ0n) is 17.4. The third kappa shape index (κ3) is 3.18. The summed E-state index contributed by atoms with van der Waals surface area (Å²) in [7, 11) is -0.881. The molecule has 0 bridgehead atoms. The van der Waals surface area contributed by atoms with Gasteiger partial charge in [0.2, 0.25) is 5.91 Å². The van der Waals surface area contributed by atoms with Gasteiger partial charge in [0, 0.05) is 43.2 Å². The second-order valence-corrected chi connectivity index (χ2v) is 10.1. The normalized spacial score (nSPS) is 20.4. The number of hydrazine groups is 1. The molecule has 2 aromatic carbocycles. The maximum absolute atomic E-state index is 13.3. The van der Waals surface area contributed by atoms with Crippen molar-refractivity contribution in [1.29, 1.82) is 0 Å². The van der Waals surface area contributed by atoms with Crippen LogP contribution in [0, 0.1) is 5.92 Å². The Balaban J connectivity index is 1.45. The number of carbonyl (C=O) groups excluding carboxylic acids is 1. The van der Waals surface area contributed by atoms with Crippen LogP contribution in [0.15, 0.2) is 65.7 Å². The lowest BCUT2D eigenvalue weighted by atomic mass is 9.80. The number of aromatic nitrogens is 1. The molecule has 3 aromatic rings. The average molecular weight is 438 g/mol. The molecule has 0 unspecified atom stereocenters. The first-order chi connectivity index (χ1) is 14.9. The Morgan fingerprint density at radius 1 is 1.10 bits per heavy atom. The zero-order chi connectivity index (χ0) is 21.8. The van der Waals surface area contributed by atoms with Crippen LogP contribution in [0.3, 0.4) is 0 Å². The predicted octanol–water partition coefficient (Wildman–Crippen LogP) is 1.36. The van der Waals surface area contributed by atoms with Crippen LogP contribution in [-0.2, 0) is 21.2 Å². The highest BCUT2D eigenvalue weighted by Gasteiger charge is 2.38.